The van der Waals surface area contributed by atoms with Crippen LogP contribution < -0.4 is 5.32 Å². The Morgan fingerprint density at radius 3 is 2.48 bits per heavy atom. The van der Waals surface area contributed by atoms with Gasteiger partial charge in [0, 0.05) is 34.2 Å². The van der Waals surface area contributed by atoms with Gasteiger partial charge < -0.3 is 10.4 Å². The van der Waals surface area contributed by atoms with Crippen LogP contribution >= 0.6 is 0 Å². The first-order chi connectivity index (χ1) is 13.8. The van der Waals surface area contributed by atoms with E-state index in [1.807, 2.05) is 0 Å². The van der Waals surface area contributed by atoms with Crippen molar-refractivity contribution in [3.05, 3.63) is 75.8 Å². The van der Waals surface area contributed by atoms with Gasteiger partial charge in [-0.1, -0.05) is 12.1 Å². The first kappa shape index (κ1) is 19.0. The number of carbonyl (C=O) groups is 1. The molecular weight excluding hydrogens is 396 g/mol. The van der Waals surface area contributed by atoms with Gasteiger partial charge in [0.15, 0.2) is 9.84 Å². The van der Waals surface area contributed by atoms with Crippen LogP contribution in [0.2, 0.25) is 0 Å². The predicted molar refractivity (Wildman–Crippen MR) is 107 cm³/mol. The molecule has 3 aromatic rings. The van der Waals surface area contributed by atoms with Gasteiger partial charge in [-0.05, 0) is 42.3 Å². The summed E-state index contributed by atoms with van der Waals surface area (Å²) < 4.78 is 25.9. The van der Waals surface area contributed by atoms with E-state index in [4.69, 9.17) is 0 Å². The van der Waals surface area contributed by atoms with Crippen molar-refractivity contribution in [1.82, 2.24) is 0 Å². The number of hydrogen-bond donors (Lipinski definition) is 2. The molecule has 148 valence electrons. The molecule has 2 N–H and O–H groups in total. The summed E-state index contributed by atoms with van der Waals surface area (Å²) in [6, 6.07) is 13.3. The number of amides is 1. The SMILES string of the molecule is O=C1Nc2ccc(S(=O)(=O)CCC(O)c3ccc([N+](=O)[O-])cc3)c3cccc1c23. The number of sulfone groups is 1. The molecule has 0 saturated heterocycles. The minimum Gasteiger partial charge on any atom is -0.388 e. The molecule has 1 unspecified atom stereocenters. The smallest absolute Gasteiger partial charge is 0.269 e. The molecule has 0 radical (unpaired) electrons. The van der Waals surface area contributed by atoms with E-state index in [0.717, 1.165) is 0 Å². The van der Waals surface area contributed by atoms with E-state index in [1.54, 1.807) is 24.3 Å². The van der Waals surface area contributed by atoms with Crippen LogP contribution in [0.15, 0.2) is 59.5 Å². The van der Waals surface area contributed by atoms with E-state index in [2.05, 4.69) is 5.32 Å². The van der Waals surface area contributed by atoms with Crippen molar-refractivity contribution in [1.29, 1.82) is 0 Å². The van der Waals surface area contributed by atoms with Crippen molar-refractivity contribution in [2.75, 3.05) is 11.1 Å². The lowest BCUT2D eigenvalue weighted by Gasteiger charge is -2.13. The fourth-order valence-electron chi connectivity index (χ4n) is 3.50. The number of nitrogens with zero attached hydrogens (tertiary/aromatic N) is 1. The van der Waals surface area contributed by atoms with E-state index in [1.165, 1.54) is 30.3 Å². The summed E-state index contributed by atoms with van der Waals surface area (Å²) in [7, 11) is -3.74. The lowest BCUT2D eigenvalue weighted by molar-refractivity contribution is -0.384. The maximum absolute atomic E-state index is 12.9. The number of carbonyl (C=O) groups excluding carboxylic acids is 1. The second kappa shape index (κ2) is 6.94. The van der Waals surface area contributed by atoms with Crippen LogP contribution in [0.1, 0.15) is 28.4 Å². The van der Waals surface area contributed by atoms with E-state index < -0.39 is 20.9 Å². The van der Waals surface area contributed by atoms with E-state index in [-0.39, 0.29) is 28.7 Å². The van der Waals surface area contributed by atoms with E-state index in [9.17, 15) is 28.4 Å². The molecule has 0 aromatic heterocycles. The molecule has 0 saturated carbocycles. The number of non-ortho nitro benzene ring substituents is 1. The summed E-state index contributed by atoms with van der Waals surface area (Å²) in [6.45, 7) is 0. The molecule has 1 heterocycles. The van der Waals surface area contributed by atoms with Crippen molar-refractivity contribution < 1.29 is 23.2 Å². The lowest BCUT2D eigenvalue weighted by Crippen LogP contribution is -2.11. The average molecular weight is 412 g/mol. The zero-order valence-electron chi connectivity index (χ0n) is 15.0. The van der Waals surface area contributed by atoms with Gasteiger partial charge in [0.1, 0.15) is 0 Å². The van der Waals surface area contributed by atoms with Crippen LogP contribution in [0.25, 0.3) is 10.8 Å². The molecule has 4 rings (SSSR count). The maximum Gasteiger partial charge on any atom is 0.269 e. The molecule has 9 heteroatoms. The van der Waals surface area contributed by atoms with Crippen LogP contribution in [0.4, 0.5) is 11.4 Å². The van der Waals surface area contributed by atoms with Crippen molar-refractivity contribution in [3.63, 3.8) is 0 Å². The van der Waals surface area contributed by atoms with Gasteiger partial charge >= 0.3 is 0 Å². The molecular formula is C20H16N2O6S. The number of anilines is 1. The van der Waals surface area contributed by atoms with Crippen molar-refractivity contribution >= 4 is 37.9 Å². The summed E-state index contributed by atoms with van der Waals surface area (Å²) >= 11 is 0. The molecule has 0 fully saturated rings. The third-order valence-corrected chi connectivity index (χ3v) is 6.78. The second-order valence-corrected chi connectivity index (χ2v) is 8.84. The number of aliphatic hydroxyl groups excluding tert-OH is 1. The van der Waals surface area contributed by atoms with Gasteiger partial charge in [-0.25, -0.2) is 8.42 Å². The Hall–Kier alpha value is -3.30. The molecule has 0 spiro atoms. The van der Waals surface area contributed by atoms with Gasteiger partial charge in [0.2, 0.25) is 0 Å². The Morgan fingerprint density at radius 1 is 1.07 bits per heavy atom. The topological polar surface area (TPSA) is 127 Å². The second-order valence-electron chi connectivity index (χ2n) is 6.77. The predicted octanol–water partition coefficient (Wildman–Crippen LogP) is 3.21. The highest BCUT2D eigenvalue weighted by molar-refractivity contribution is 7.91. The number of nitro groups is 1. The Morgan fingerprint density at radius 2 is 1.79 bits per heavy atom. The van der Waals surface area contributed by atoms with Crippen molar-refractivity contribution in [2.45, 2.75) is 17.4 Å². The van der Waals surface area contributed by atoms with Gasteiger partial charge in [0.25, 0.3) is 11.6 Å². The lowest BCUT2D eigenvalue weighted by atomic mass is 10.1. The third kappa shape index (κ3) is 3.34. The summed E-state index contributed by atoms with van der Waals surface area (Å²) in [5.74, 6) is -0.584. The van der Waals surface area contributed by atoms with Crippen LogP contribution in [-0.4, -0.2) is 30.1 Å². The Balaban J connectivity index is 1.59. The number of hydrogen-bond acceptors (Lipinski definition) is 6. The van der Waals surface area contributed by atoms with Crippen molar-refractivity contribution in [2.24, 2.45) is 0 Å². The monoisotopic (exact) mass is 412 g/mol. The van der Waals surface area contributed by atoms with Crippen LogP contribution in [0.3, 0.4) is 0 Å². The summed E-state index contributed by atoms with van der Waals surface area (Å²) in [6.07, 6.45) is -1.15. The van der Waals surface area contributed by atoms with Gasteiger partial charge in [-0.3, -0.25) is 14.9 Å². The number of benzene rings is 3. The van der Waals surface area contributed by atoms with Crippen LogP contribution in [-0.2, 0) is 9.84 Å². The van der Waals surface area contributed by atoms with Crippen LogP contribution in [0.5, 0.6) is 0 Å². The largest absolute Gasteiger partial charge is 0.388 e. The average Bonchev–Trinajstić information content (AvgIpc) is 3.04. The minimum atomic E-state index is -3.74. The molecule has 1 atom stereocenters. The van der Waals surface area contributed by atoms with Gasteiger partial charge in [0.05, 0.1) is 21.7 Å². The van der Waals surface area contributed by atoms with E-state index in [0.29, 0.717) is 27.6 Å². The third-order valence-electron chi connectivity index (χ3n) is 4.98. The molecule has 1 amide bonds. The van der Waals surface area contributed by atoms with E-state index >= 15 is 0 Å². The zero-order valence-corrected chi connectivity index (χ0v) is 15.8. The van der Waals surface area contributed by atoms with Gasteiger partial charge in [-0.15, -0.1) is 0 Å². The highest BCUT2D eigenvalue weighted by Crippen LogP contribution is 2.37. The van der Waals surface area contributed by atoms with Crippen molar-refractivity contribution in [3.8, 4) is 0 Å². The number of aliphatic hydroxyl groups is 1. The molecule has 1 aliphatic rings. The van der Waals surface area contributed by atoms with Gasteiger partial charge in [-0.2, -0.15) is 0 Å². The molecule has 3 aromatic carbocycles. The highest BCUT2D eigenvalue weighted by atomic mass is 32.2. The Bertz CT molecular complexity index is 1250. The summed E-state index contributed by atoms with van der Waals surface area (Å²) in [5, 5.41) is 24.8. The highest BCUT2D eigenvalue weighted by Gasteiger charge is 2.26. The molecule has 0 bridgehead atoms. The normalized spacial score (nSPS) is 14.0. The first-order valence-electron chi connectivity index (χ1n) is 8.80. The fourth-order valence-corrected chi connectivity index (χ4v) is 5.03. The molecule has 8 nitrogen and oxygen atoms in total. The number of nitrogens with one attached hydrogen (secondary N) is 1. The maximum atomic E-state index is 12.9. The molecule has 0 aliphatic carbocycles. The summed E-state index contributed by atoms with van der Waals surface area (Å²) in [4.78, 5) is 22.3. The Labute approximate surface area is 165 Å². The fraction of sp³-hybridized carbons (Fsp3) is 0.150. The standard InChI is InChI=1S/C20H16N2O6S/c23-17(12-4-6-13(7-5-12)22(25)26)10-11-29(27,28)18-9-8-16-19-14(18)2-1-3-15(19)20(24)21-16/h1-9,17,23H,10-11H2,(H,21,24). The minimum absolute atomic E-state index is 0.0692. The number of rotatable bonds is 6. The summed E-state index contributed by atoms with van der Waals surface area (Å²) in [5.41, 5.74) is 1.30. The van der Waals surface area contributed by atoms with Crippen LogP contribution in [0, 0.1) is 10.1 Å². The Kier molecular flexibility index (Phi) is 4.56. The zero-order chi connectivity index (χ0) is 20.8. The first-order valence-corrected chi connectivity index (χ1v) is 10.5. The molecule has 29 heavy (non-hydrogen) atoms. The quantitative estimate of drug-likeness (QED) is 0.473. The number of nitro benzene ring substituents is 1. The molecule has 1 aliphatic heterocycles.